The molecule has 1 aliphatic heterocycles. The minimum absolute atomic E-state index is 0.0415. The number of thiophene rings is 1. The van der Waals surface area contributed by atoms with Gasteiger partial charge in [-0.15, -0.1) is 11.3 Å². The highest BCUT2D eigenvalue weighted by Crippen LogP contribution is 2.20. The minimum atomic E-state index is -0.332. The predicted octanol–water partition coefficient (Wildman–Crippen LogP) is 2.04. The first-order valence-electron chi connectivity index (χ1n) is 8.23. The number of carbonyl (C=O) groups excluding carboxylic acids is 2. The predicted molar refractivity (Wildman–Crippen MR) is 93.7 cm³/mol. The first-order chi connectivity index (χ1) is 11.7. The summed E-state index contributed by atoms with van der Waals surface area (Å²) in [5.41, 5.74) is 0.954. The quantitative estimate of drug-likeness (QED) is 0.873. The van der Waals surface area contributed by atoms with E-state index in [9.17, 15) is 9.59 Å². The van der Waals surface area contributed by atoms with Crippen molar-refractivity contribution in [2.75, 3.05) is 13.1 Å². The molecule has 2 aromatic heterocycles. The molecule has 1 saturated heterocycles. The molecule has 0 bridgehead atoms. The van der Waals surface area contributed by atoms with Crippen LogP contribution in [0.3, 0.4) is 0 Å². The van der Waals surface area contributed by atoms with E-state index in [1.165, 1.54) is 0 Å². The van der Waals surface area contributed by atoms with Crippen LogP contribution in [0.15, 0.2) is 41.9 Å². The Morgan fingerprint density at radius 2 is 2.21 bits per heavy atom. The van der Waals surface area contributed by atoms with Gasteiger partial charge in [0.15, 0.2) is 0 Å². The zero-order valence-corrected chi connectivity index (χ0v) is 14.3. The second-order valence-electron chi connectivity index (χ2n) is 5.86. The third kappa shape index (κ3) is 4.20. The number of carbonyl (C=O) groups is 2. The minimum Gasteiger partial charge on any atom is -0.354 e. The molecule has 5 nitrogen and oxygen atoms in total. The molecule has 3 rings (SSSR count). The smallest absolute Gasteiger partial charge is 0.242 e. The molecule has 24 heavy (non-hydrogen) atoms. The lowest BCUT2D eigenvalue weighted by Crippen LogP contribution is -2.46. The molecule has 0 saturated carbocycles. The van der Waals surface area contributed by atoms with Gasteiger partial charge in [0.2, 0.25) is 11.8 Å². The van der Waals surface area contributed by atoms with Gasteiger partial charge in [-0.1, -0.05) is 12.1 Å². The number of rotatable bonds is 6. The fourth-order valence-electron chi connectivity index (χ4n) is 2.98. The van der Waals surface area contributed by atoms with Gasteiger partial charge in [0.1, 0.15) is 6.04 Å². The van der Waals surface area contributed by atoms with Crippen molar-refractivity contribution in [3.05, 3.63) is 52.5 Å². The van der Waals surface area contributed by atoms with E-state index in [1.54, 1.807) is 22.4 Å². The molecule has 1 N–H and O–H groups in total. The van der Waals surface area contributed by atoms with Gasteiger partial charge in [-0.25, -0.2) is 0 Å². The maximum Gasteiger partial charge on any atom is 0.242 e. The summed E-state index contributed by atoms with van der Waals surface area (Å²) in [4.78, 5) is 31.9. The third-order valence-corrected chi connectivity index (χ3v) is 5.06. The number of aromatic nitrogens is 1. The molecule has 126 valence electrons. The Labute approximate surface area is 145 Å². The molecule has 1 unspecified atom stereocenters. The fourth-order valence-corrected chi connectivity index (χ4v) is 3.68. The lowest BCUT2D eigenvalue weighted by molar-refractivity contribution is -0.137. The molecular weight excluding hydrogens is 322 g/mol. The van der Waals surface area contributed by atoms with Gasteiger partial charge in [0.25, 0.3) is 0 Å². The zero-order valence-electron chi connectivity index (χ0n) is 13.5. The van der Waals surface area contributed by atoms with Crippen LogP contribution in [0.25, 0.3) is 0 Å². The number of likely N-dealkylation sites (tertiary alicyclic amines) is 1. The van der Waals surface area contributed by atoms with Crippen molar-refractivity contribution in [1.82, 2.24) is 15.2 Å². The van der Waals surface area contributed by atoms with E-state index < -0.39 is 0 Å². The summed E-state index contributed by atoms with van der Waals surface area (Å²) >= 11 is 1.58. The van der Waals surface area contributed by atoms with Gasteiger partial charge >= 0.3 is 0 Å². The van der Waals surface area contributed by atoms with Crippen LogP contribution < -0.4 is 5.32 Å². The van der Waals surface area contributed by atoms with Crippen molar-refractivity contribution >= 4 is 23.2 Å². The first-order valence-corrected chi connectivity index (χ1v) is 9.11. The highest BCUT2D eigenvalue weighted by Gasteiger charge is 2.33. The number of hydrogen-bond donors (Lipinski definition) is 1. The van der Waals surface area contributed by atoms with Crippen LogP contribution in [0, 0.1) is 0 Å². The van der Waals surface area contributed by atoms with E-state index in [4.69, 9.17) is 0 Å². The van der Waals surface area contributed by atoms with Gasteiger partial charge in [-0.2, -0.15) is 0 Å². The number of hydrogen-bond acceptors (Lipinski definition) is 4. The SMILES string of the molecule is O=C(NCCc1ccccn1)C1CCCN1C(=O)Cc1cccs1. The third-order valence-electron chi connectivity index (χ3n) is 4.19. The van der Waals surface area contributed by atoms with Crippen LogP contribution >= 0.6 is 11.3 Å². The summed E-state index contributed by atoms with van der Waals surface area (Å²) in [7, 11) is 0. The van der Waals surface area contributed by atoms with Crippen molar-refractivity contribution in [3.8, 4) is 0 Å². The Kier molecular flexibility index (Phi) is 5.59. The van der Waals surface area contributed by atoms with E-state index in [1.807, 2.05) is 35.7 Å². The Hall–Kier alpha value is -2.21. The first kappa shape index (κ1) is 16.6. The molecule has 0 aliphatic carbocycles. The Balaban J connectivity index is 1.50. The van der Waals surface area contributed by atoms with Crippen LogP contribution in [0.4, 0.5) is 0 Å². The summed E-state index contributed by atoms with van der Waals surface area (Å²) in [5.74, 6) is -0.0113. The summed E-state index contributed by atoms with van der Waals surface area (Å²) in [6.45, 7) is 1.21. The van der Waals surface area contributed by atoms with Gasteiger partial charge < -0.3 is 10.2 Å². The monoisotopic (exact) mass is 343 g/mol. The molecule has 1 fully saturated rings. The number of amides is 2. The molecule has 1 atom stereocenters. The lowest BCUT2D eigenvalue weighted by atomic mass is 10.2. The molecule has 0 radical (unpaired) electrons. The standard InChI is InChI=1S/C18H21N3O2S/c22-17(13-15-6-4-12-24-15)21-11-3-7-16(21)18(23)20-10-8-14-5-1-2-9-19-14/h1-2,4-6,9,12,16H,3,7-8,10-11,13H2,(H,20,23). The van der Waals surface area contributed by atoms with Crippen molar-refractivity contribution in [2.45, 2.75) is 31.7 Å². The molecule has 0 aromatic carbocycles. The molecule has 1 aliphatic rings. The molecule has 2 aromatic rings. The maximum absolute atomic E-state index is 12.5. The topological polar surface area (TPSA) is 62.3 Å². The van der Waals surface area contributed by atoms with Gasteiger partial charge in [0.05, 0.1) is 6.42 Å². The summed E-state index contributed by atoms with van der Waals surface area (Å²) < 4.78 is 0. The average Bonchev–Trinajstić information content (AvgIpc) is 3.27. The molecule has 0 spiro atoms. The highest BCUT2D eigenvalue weighted by atomic mass is 32.1. The summed E-state index contributed by atoms with van der Waals surface area (Å²) in [6, 6.07) is 9.32. The van der Waals surface area contributed by atoms with Crippen LogP contribution in [0.5, 0.6) is 0 Å². The summed E-state index contributed by atoms with van der Waals surface area (Å²) in [5, 5.41) is 4.91. The Bertz CT molecular complexity index is 673. The molecule has 3 heterocycles. The van der Waals surface area contributed by atoms with Crippen molar-refractivity contribution in [3.63, 3.8) is 0 Å². The highest BCUT2D eigenvalue weighted by molar-refractivity contribution is 7.10. The van der Waals surface area contributed by atoms with E-state index in [2.05, 4.69) is 10.3 Å². The molecule has 2 amide bonds. The number of pyridine rings is 1. The van der Waals surface area contributed by atoms with Crippen LogP contribution in [-0.2, 0) is 22.4 Å². The zero-order chi connectivity index (χ0) is 16.8. The van der Waals surface area contributed by atoms with Crippen LogP contribution in [0.2, 0.25) is 0 Å². The lowest BCUT2D eigenvalue weighted by Gasteiger charge is -2.23. The number of nitrogens with zero attached hydrogens (tertiary/aromatic N) is 2. The Morgan fingerprint density at radius 1 is 1.29 bits per heavy atom. The van der Waals surface area contributed by atoms with Crippen molar-refractivity contribution in [1.29, 1.82) is 0 Å². The van der Waals surface area contributed by atoms with Gasteiger partial charge in [0, 0.05) is 36.3 Å². The molecular formula is C18H21N3O2S. The van der Waals surface area contributed by atoms with E-state index in [0.29, 0.717) is 25.9 Å². The summed E-state index contributed by atoms with van der Waals surface area (Å²) in [6.07, 6.45) is 4.46. The van der Waals surface area contributed by atoms with Gasteiger partial charge in [-0.05, 0) is 36.4 Å². The van der Waals surface area contributed by atoms with E-state index >= 15 is 0 Å². The van der Waals surface area contributed by atoms with Crippen molar-refractivity contribution < 1.29 is 9.59 Å². The van der Waals surface area contributed by atoms with Crippen molar-refractivity contribution in [2.24, 2.45) is 0 Å². The van der Waals surface area contributed by atoms with Crippen LogP contribution in [-0.4, -0.2) is 40.8 Å². The van der Waals surface area contributed by atoms with E-state index in [0.717, 1.165) is 23.4 Å². The second-order valence-corrected chi connectivity index (χ2v) is 6.90. The maximum atomic E-state index is 12.5. The fraction of sp³-hybridized carbons (Fsp3) is 0.389. The normalized spacial score (nSPS) is 17.0. The largest absolute Gasteiger partial charge is 0.354 e. The van der Waals surface area contributed by atoms with E-state index in [-0.39, 0.29) is 17.9 Å². The van der Waals surface area contributed by atoms with Gasteiger partial charge in [-0.3, -0.25) is 14.6 Å². The number of nitrogens with one attached hydrogen (secondary N) is 1. The molecule has 6 heteroatoms. The average molecular weight is 343 g/mol. The van der Waals surface area contributed by atoms with Crippen LogP contribution in [0.1, 0.15) is 23.4 Å². The second kappa shape index (κ2) is 8.06. The Morgan fingerprint density at radius 3 is 2.96 bits per heavy atom.